The van der Waals surface area contributed by atoms with E-state index in [1.807, 2.05) is 13.8 Å². The molecule has 9 heteroatoms. The Kier molecular flexibility index (Phi) is 7.07. The monoisotopic (exact) mass is 427 g/mol. The first-order chi connectivity index (χ1) is 14.8. The first-order valence-electron chi connectivity index (χ1n) is 10.0. The molecule has 31 heavy (non-hydrogen) atoms. The summed E-state index contributed by atoms with van der Waals surface area (Å²) in [4.78, 5) is 38.6. The van der Waals surface area contributed by atoms with Gasteiger partial charge < -0.3 is 19.3 Å². The van der Waals surface area contributed by atoms with Gasteiger partial charge in [0.1, 0.15) is 5.75 Å². The lowest BCUT2D eigenvalue weighted by Crippen LogP contribution is -2.49. The molecule has 1 fully saturated rings. The van der Waals surface area contributed by atoms with Gasteiger partial charge in [-0.3, -0.25) is 14.9 Å². The largest absolute Gasteiger partial charge is 0.491 e. The van der Waals surface area contributed by atoms with Crippen LogP contribution in [-0.2, 0) is 9.53 Å². The zero-order valence-corrected chi connectivity index (χ0v) is 17.5. The third-order valence-electron chi connectivity index (χ3n) is 4.85. The average Bonchev–Trinajstić information content (AvgIpc) is 2.77. The number of benzene rings is 2. The molecule has 3 rings (SSSR count). The van der Waals surface area contributed by atoms with Gasteiger partial charge in [-0.15, -0.1) is 0 Å². The van der Waals surface area contributed by atoms with Crippen molar-refractivity contribution in [3.63, 3.8) is 0 Å². The molecule has 0 aromatic heterocycles. The number of carbonyl (C=O) groups excluding carboxylic acids is 2. The van der Waals surface area contributed by atoms with Crippen LogP contribution in [0.4, 0.5) is 11.4 Å². The zero-order chi connectivity index (χ0) is 22.4. The molecule has 0 saturated carbocycles. The Morgan fingerprint density at radius 2 is 1.61 bits per heavy atom. The lowest BCUT2D eigenvalue weighted by atomic mass is 10.2. The smallest absolute Gasteiger partial charge is 0.338 e. The Morgan fingerprint density at radius 3 is 2.16 bits per heavy atom. The fourth-order valence-corrected chi connectivity index (χ4v) is 3.24. The summed E-state index contributed by atoms with van der Waals surface area (Å²) in [5.41, 5.74) is 1.27. The highest BCUT2D eigenvalue weighted by Crippen LogP contribution is 2.21. The number of piperazine rings is 1. The van der Waals surface area contributed by atoms with E-state index in [0.717, 1.165) is 5.69 Å². The summed E-state index contributed by atoms with van der Waals surface area (Å²) in [7, 11) is 0. The quantitative estimate of drug-likeness (QED) is 0.380. The van der Waals surface area contributed by atoms with Crippen LogP contribution in [-0.4, -0.2) is 60.6 Å². The van der Waals surface area contributed by atoms with Gasteiger partial charge in [-0.2, -0.15) is 0 Å². The van der Waals surface area contributed by atoms with Crippen LogP contribution < -0.4 is 9.64 Å². The highest BCUT2D eigenvalue weighted by atomic mass is 16.6. The van der Waals surface area contributed by atoms with Crippen molar-refractivity contribution in [2.75, 3.05) is 37.7 Å². The first kappa shape index (κ1) is 22.1. The lowest BCUT2D eigenvalue weighted by molar-refractivity contribution is -0.384. The number of hydrogen-bond acceptors (Lipinski definition) is 7. The van der Waals surface area contributed by atoms with Crippen LogP contribution in [0.25, 0.3) is 0 Å². The number of anilines is 1. The molecule has 1 saturated heterocycles. The molecule has 0 aliphatic carbocycles. The summed E-state index contributed by atoms with van der Waals surface area (Å²) in [5, 5.41) is 10.8. The molecule has 164 valence electrons. The maximum Gasteiger partial charge on any atom is 0.338 e. The number of amides is 1. The van der Waals surface area contributed by atoms with Gasteiger partial charge in [-0.25, -0.2) is 4.79 Å². The van der Waals surface area contributed by atoms with Crippen LogP contribution in [0.5, 0.6) is 5.75 Å². The minimum absolute atomic E-state index is 0.0382. The second kappa shape index (κ2) is 9.92. The SMILES string of the molecule is CC(C)Oc1ccc(C(=O)OCC(=O)N2CCN(c3ccc([N+](=O)[O-])cc3)CC2)cc1. The van der Waals surface area contributed by atoms with Gasteiger partial charge in [0.15, 0.2) is 6.61 Å². The number of hydrogen-bond donors (Lipinski definition) is 0. The number of nitro benzene ring substituents is 1. The minimum atomic E-state index is -0.561. The lowest BCUT2D eigenvalue weighted by Gasteiger charge is -2.36. The Morgan fingerprint density at radius 1 is 1.00 bits per heavy atom. The normalized spacial score (nSPS) is 13.8. The second-order valence-corrected chi connectivity index (χ2v) is 7.41. The summed E-state index contributed by atoms with van der Waals surface area (Å²) < 4.78 is 10.7. The second-order valence-electron chi connectivity index (χ2n) is 7.41. The Hall–Kier alpha value is -3.62. The van der Waals surface area contributed by atoms with Gasteiger partial charge in [-0.1, -0.05) is 0 Å². The molecule has 2 aromatic carbocycles. The van der Waals surface area contributed by atoms with E-state index in [0.29, 0.717) is 37.5 Å². The molecule has 0 radical (unpaired) electrons. The highest BCUT2D eigenvalue weighted by Gasteiger charge is 2.23. The number of nitro groups is 1. The third-order valence-corrected chi connectivity index (χ3v) is 4.85. The number of nitrogens with zero attached hydrogens (tertiary/aromatic N) is 3. The van der Waals surface area contributed by atoms with Crippen molar-refractivity contribution in [1.82, 2.24) is 4.90 Å². The third kappa shape index (κ3) is 5.94. The Labute approximate surface area is 180 Å². The van der Waals surface area contributed by atoms with E-state index in [-0.39, 0.29) is 24.3 Å². The predicted molar refractivity (Wildman–Crippen MR) is 114 cm³/mol. The number of esters is 1. The van der Waals surface area contributed by atoms with Crippen molar-refractivity contribution in [3.05, 3.63) is 64.2 Å². The average molecular weight is 427 g/mol. The van der Waals surface area contributed by atoms with Crippen LogP contribution in [0.3, 0.4) is 0 Å². The van der Waals surface area contributed by atoms with E-state index in [9.17, 15) is 19.7 Å². The van der Waals surface area contributed by atoms with Crippen molar-refractivity contribution in [1.29, 1.82) is 0 Å². The van der Waals surface area contributed by atoms with Crippen LogP contribution in [0.2, 0.25) is 0 Å². The Bertz CT molecular complexity index is 919. The molecule has 0 atom stereocenters. The van der Waals surface area contributed by atoms with Gasteiger partial charge in [0, 0.05) is 44.0 Å². The molecule has 0 unspecified atom stereocenters. The molecule has 1 heterocycles. The molecule has 1 aliphatic heterocycles. The Balaban J connectivity index is 1.45. The van der Waals surface area contributed by atoms with E-state index < -0.39 is 10.9 Å². The van der Waals surface area contributed by atoms with Crippen molar-refractivity contribution < 1.29 is 24.0 Å². The fraction of sp³-hybridized carbons (Fsp3) is 0.364. The molecule has 1 aliphatic rings. The van der Waals surface area contributed by atoms with Gasteiger partial charge >= 0.3 is 5.97 Å². The summed E-state index contributed by atoms with van der Waals surface area (Å²) in [6, 6.07) is 12.9. The van der Waals surface area contributed by atoms with Crippen LogP contribution in [0.1, 0.15) is 24.2 Å². The molecule has 2 aromatic rings. The topological polar surface area (TPSA) is 102 Å². The highest BCUT2D eigenvalue weighted by molar-refractivity contribution is 5.91. The molecule has 9 nitrogen and oxygen atoms in total. The summed E-state index contributed by atoms with van der Waals surface area (Å²) in [6.07, 6.45) is 0.0382. The van der Waals surface area contributed by atoms with E-state index in [4.69, 9.17) is 9.47 Å². The van der Waals surface area contributed by atoms with Gasteiger partial charge in [0.2, 0.25) is 0 Å². The predicted octanol–water partition coefficient (Wildman–Crippen LogP) is 2.89. The van der Waals surface area contributed by atoms with Crippen molar-refractivity contribution in [3.8, 4) is 5.75 Å². The number of carbonyl (C=O) groups is 2. The molecule has 0 bridgehead atoms. The van der Waals surface area contributed by atoms with E-state index >= 15 is 0 Å². The maximum absolute atomic E-state index is 12.4. The van der Waals surface area contributed by atoms with E-state index in [2.05, 4.69) is 4.90 Å². The molecule has 0 N–H and O–H groups in total. The van der Waals surface area contributed by atoms with Crippen molar-refractivity contribution >= 4 is 23.3 Å². The van der Waals surface area contributed by atoms with Gasteiger partial charge in [-0.05, 0) is 50.2 Å². The van der Waals surface area contributed by atoms with Crippen molar-refractivity contribution in [2.45, 2.75) is 20.0 Å². The fourth-order valence-electron chi connectivity index (χ4n) is 3.24. The summed E-state index contributed by atoms with van der Waals surface area (Å²) >= 11 is 0. The standard InChI is InChI=1S/C22H25N3O6/c1-16(2)31-20-9-3-17(4-10-20)22(27)30-15-21(26)24-13-11-23(12-14-24)18-5-7-19(8-6-18)25(28)29/h3-10,16H,11-15H2,1-2H3. The summed E-state index contributed by atoms with van der Waals surface area (Å²) in [6.45, 7) is 5.66. The van der Waals surface area contributed by atoms with Gasteiger partial charge in [0.05, 0.1) is 16.6 Å². The maximum atomic E-state index is 12.4. The van der Waals surface area contributed by atoms with Crippen molar-refractivity contribution in [2.24, 2.45) is 0 Å². The number of rotatable bonds is 7. The minimum Gasteiger partial charge on any atom is -0.491 e. The van der Waals surface area contributed by atoms with E-state index in [1.165, 1.54) is 12.1 Å². The first-order valence-corrected chi connectivity index (χ1v) is 10.0. The molecule has 1 amide bonds. The molecular weight excluding hydrogens is 402 g/mol. The number of ether oxygens (including phenoxy) is 2. The molecule has 0 spiro atoms. The molecular formula is C22H25N3O6. The van der Waals surface area contributed by atoms with Gasteiger partial charge in [0.25, 0.3) is 11.6 Å². The van der Waals surface area contributed by atoms with Crippen LogP contribution in [0, 0.1) is 10.1 Å². The summed E-state index contributed by atoms with van der Waals surface area (Å²) in [5.74, 6) is -0.154. The zero-order valence-electron chi connectivity index (χ0n) is 17.5. The number of non-ortho nitro benzene ring substituents is 1. The van der Waals surface area contributed by atoms with Crippen LogP contribution >= 0.6 is 0 Å². The van der Waals surface area contributed by atoms with E-state index in [1.54, 1.807) is 41.3 Å². The van der Waals surface area contributed by atoms with Crippen LogP contribution in [0.15, 0.2) is 48.5 Å².